The minimum Gasteiger partial charge on any atom is -0.373 e. The Bertz CT molecular complexity index is 407. The van der Waals surface area contributed by atoms with Crippen molar-refractivity contribution in [3.63, 3.8) is 0 Å². The average molecular weight is 311 g/mol. The zero-order chi connectivity index (χ0) is 13.9. The quantitative estimate of drug-likeness (QED) is 0.573. The molecule has 1 aliphatic rings. The summed E-state index contributed by atoms with van der Waals surface area (Å²) in [4.78, 5) is 0.189. The lowest BCUT2D eigenvalue weighted by atomic mass is 9.91. The summed E-state index contributed by atoms with van der Waals surface area (Å²) in [5.74, 6) is 0.737. The highest BCUT2D eigenvalue weighted by molar-refractivity contribution is 8.00. The van der Waals surface area contributed by atoms with E-state index in [9.17, 15) is 13.2 Å². The van der Waals surface area contributed by atoms with Gasteiger partial charge in [0.15, 0.2) is 0 Å². The van der Waals surface area contributed by atoms with Crippen LogP contribution in [0.1, 0.15) is 24.5 Å². The minimum absolute atomic E-state index is 0.101. The van der Waals surface area contributed by atoms with Gasteiger partial charge in [-0.3, -0.25) is 0 Å². The first-order valence-electron chi connectivity index (χ1n) is 6.03. The first-order chi connectivity index (χ1) is 8.99. The van der Waals surface area contributed by atoms with Gasteiger partial charge in [-0.1, -0.05) is 12.1 Å². The molecule has 0 amide bonds. The molecular formula is C13H14ClF3OS. The molecule has 1 aromatic carbocycles. The summed E-state index contributed by atoms with van der Waals surface area (Å²) in [6, 6.07) is 6.36. The van der Waals surface area contributed by atoms with Gasteiger partial charge in [-0.2, -0.15) is 13.2 Å². The fourth-order valence-electron chi connectivity index (χ4n) is 2.23. The summed E-state index contributed by atoms with van der Waals surface area (Å²) in [6.45, 7) is 0.678. The first-order valence-corrected chi connectivity index (χ1v) is 7.38. The predicted octanol–water partition coefficient (Wildman–Crippen LogP) is 5.01. The van der Waals surface area contributed by atoms with Gasteiger partial charge in [0.05, 0.1) is 6.10 Å². The van der Waals surface area contributed by atoms with Crippen molar-refractivity contribution in [2.24, 2.45) is 5.92 Å². The van der Waals surface area contributed by atoms with Gasteiger partial charge in [-0.25, -0.2) is 0 Å². The highest BCUT2D eigenvalue weighted by Gasteiger charge is 2.30. The number of rotatable bonds is 3. The van der Waals surface area contributed by atoms with Gasteiger partial charge in [0.2, 0.25) is 0 Å². The standard InChI is InChI=1S/C13H14ClF3OS/c14-8-10-2-1-7-18-12(10)9-3-5-11(6-4-9)19-13(15,16)17/h3-6,10,12H,1-2,7-8H2. The molecule has 2 atom stereocenters. The maximum atomic E-state index is 12.2. The normalized spacial score (nSPS) is 24.4. The van der Waals surface area contributed by atoms with Crippen LogP contribution in [-0.4, -0.2) is 18.0 Å². The van der Waals surface area contributed by atoms with Crippen LogP contribution in [0.5, 0.6) is 0 Å². The van der Waals surface area contributed by atoms with Crippen LogP contribution in [0.3, 0.4) is 0 Å². The molecule has 19 heavy (non-hydrogen) atoms. The summed E-state index contributed by atoms with van der Waals surface area (Å²) in [6.07, 6.45) is 1.87. The molecule has 1 saturated heterocycles. The molecule has 1 nitrogen and oxygen atoms in total. The van der Waals surface area contributed by atoms with Crippen LogP contribution < -0.4 is 0 Å². The SMILES string of the molecule is FC(F)(F)Sc1ccc(C2OCCCC2CCl)cc1. The van der Waals surface area contributed by atoms with E-state index in [2.05, 4.69) is 0 Å². The molecular weight excluding hydrogens is 297 g/mol. The van der Waals surface area contributed by atoms with E-state index in [1.54, 1.807) is 12.1 Å². The van der Waals surface area contributed by atoms with Crippen molar-refractivity contribution in [1.82, 2.24) is 0 Å². The number of benzene rings is 1. The summed E-state index contributed by atoms with van der Waals surface area (Å²) < 4.78 is 42.4. The van der Waals surface area contributed by atoms with E-state index in [0.717, 1.165) is 18.4 Å². The molecule has 0 spiro atoms. The highest BCUT2D eigenvalue weighted by Crippen LogP contribution is 2.39. The fourth-order valence-corrected chi connectivity index (χ4v) is 3.08. The van der Waals surface area contributed by atoms with Crippen LogP contribution in [0, 0.1) is 5.92 Å². The lowest BCUT2D eigenvalue weighted by Gasteiger charge is -2.30. The molecule has 2 rings (SSSR count). The van der Waals surface area contributed by atoms with E-state index in [1.165, 1.54) is 12.1 Å². The zero-order valence-corrected chi connectivity index (χ0v) is 11.7. The summed E-state index contributed by atoms with van der Waals surface area (Å²) in [5.41, 5.74) is -3.35. The van der Waals surface area contributed by atoms with Crippen molar-refractivity contribution in [3.8, 4) is 0 Å². The minimum atomic E-state index is -4.25. The Balaban J connectivity index is 2.08. The third kappa shape index (κ3) is 4.29. The molecule has 2 unspecified atom stereocenters. The van der Waals surface area contributed by atoms with Gasteiger partial charge in [0, 0.05) is 23.3 Å². The lowest BCUT2D eigenvalue weighted by Crippen LogP contribution is -2.23. The van der Waals surface area contributed by atoms with Gasteiger partial charge >= 0.3 is 5.51 Å². The Morgan fingerprint density at radius 3 is 2.53 bits per heavy atom. The van der Waals surface area contributed by atoms with Crippen LogP contribution in [0.2, 0.25) is 0 Å². The zero-order valence-electron chi connectivity index (χ0n) is 10.1. The molecule has 1 aromatic rings. The van der Waals surface area contributed by atoms with Gasteiger partial charge in [0.25, 0.3) is 0 Å². The van der Waals surface area contributed by atoms with Crippen molar-refractivity contribution in [1.29, 1.82) is 0 Å². The van der Waals surface area contributed by atoms with E-state index < -0.39 is 5.51 Å². The number of halogens is 4. The Labute approximate surface area is 119 Å². The molecule has 106 valence electrons. The van der Waals surface area contributed by atoms with Crippen molar-refractivity contribution >= 4 is 23.4 Å². The Kier molecular flexibility index (Phi) is 5.03. The number of hydrogen-bond donors (Lipinski definition) is 0. The van der Waals surface area contributed by atoms with Crippen LogP contribution >= 0.6 is 23.4 Å². The van der Waals surface area contributed by atoms with E-state index in [-0.39, 0.29) is 28.7 Å². The highest BCUT2D eigenvalue weighted by atomic mass is 35.5. The second-order valence-corrected chi connectivity index (χ2v) is 5.91. The fraction of sp³-hybridized carbons (Fsp3) is 0.538. The van der Waals surface area contributed by atoms with Crippen LogP contribution in [0.4, 0.5) is 13.2 Å². The Hall–Kier alpha value is -0.390. The molecule has 1 aliphatic heterocycles. The average Bonchev–Trinajstić information content (AvgIpc) is 2.38. The third-order valence-corrected chi connectivity index (χ3v) is 4.22. The van der Waals surface area contributed by atoms with Crippen molar-refractivity contribution in [3.05, 3.63) is 29.8 Å². The molecule has 0 aromatic heterocycles. The molecule has 0 saturated carbocycles. The summed E-state index contributed by atoms with van der Waals surface area (Å²) in [7, 11) is 0. The third-order valence-electron chi connectivity index (χ3n) is 3.09. The molecule has 0 radical (unpaired) electrons. The Morgan fingerprint density at radius 1 is 1.26 bits per heavy atom. The van der Waals surface area contributed by atoms with E-state index in [1.807, 2.05) is 0 Å². The number of hydrogen-bond acceptors (Lipinski definition) is 2. The maximum Gasteiger partial charge on any atom is 0.446 e. The molecule has 6 heteroatoms. The second kappa shape index (κ2) is 6.37. The molecule has 1 fully saturated rings. The van der Waals surface area contributed by atoms with Crippen molar-refractivity contribution < 1.29 is 17.9 Å². The summed E-state index contributed by atoms with van der Waals surface area (Å²) >= 11 is 5.81. The van der Waals surface area contributed by atoms with E-state index >= 15 is 0 Å². The Morgan fingerprint density at radius 2 is 1.95 bits per heavy atom. The van der Waals surface area contributed by atoms with Crippen molar-refractivity contribution in [2.75, 3.05) is 12.5 Å². The van der Waals surface area contributed by atoms with Crippen molar-refractivity contribution in [2.45, 2.75) is 29.3 Å². The topological polar surface area (TPSA) is 9.23 Å². The molecule has 1 heterocycles. The van der Waals surface area contributed by atoms with Crippen LogP contribution in [0.25, 0.3) is 0 Å². The van der Waals surface area contributed by atoms with Gasteiger partial charge < -0.3 is 4.74 Å². The van der Waals surface area contributed by atoms with Gasteiger partial charge in [0.1, 0.15) is 0 Å². The second-order valence-electron chi connectivity index (χ2n) is 4.46. The maximum absolute atomic E-state index is 12.2. The monoisotopic (exact) mass is 310 g/mol. The van der Waals surface area contributed by atoms with Crippen LogP contribution in [0.15, 0.2) is 29.2 Å². The lowest BCUT2D eigenvalue weighted by molar-refractivity contribution is -0.0328. The van der Waals surface area contributed by atoms with E-state index in [4.69, 9.17) is 16.3 Å². The molecule has 0 N–H and O–H groups in total. The summed E-state index contributed by atoms with van der Waals surface area (Å²) in [5, 5.41) is 0. The first kappa shape index (κ1) is 15.0. The van der Waals surface area contributed by atoms with Gasteiger partial charge in [-0.15, -0.1) is 11.6 Å². The van der Waals surface area contributed by atoms with Crippen LogP contribution in [-0.2, 0) is 4.74 Å². The number of ether oxygens (including phenoxy) is 1. The number of alkyl halides is 4. The largest absolute Gasteiger partial charge is 0.446 e. The predicted molar refractivity (Wildman–Crippen MR) is 70.5 cm³/mol. The smallest absolute Gasteiger partial charge is 0.373 e. The van der Waals surface area contributed by atoms with Gasteiger partial charge in [-0.05, 0) is 42.3 Å². The number of thioether (sulfide) groups is 1. The van der Waals surface area contributed by atoms with E-state index in [0.29, 0.717) is 12.5 Å². The molecule has 0 bridgehead atoms. The molecule has 0 aliphatic carbocycles.